The van der Waals surface area contributed by atoms with Gasteiger partial charge in [0, 0.05) is 12.1 Å². The molecule has 1 saturated carbocycles. The largest absolute Gasteiger partial charge is 0.365 e. The van der Waals surface area contributed by atoms with Crippen molar-refractivity contribution < 1.29 is 4.39 Å². The molecule has 1 aliphatic carbocycles. The summed E-state index contributed by atoms with van der Waals surface area (Å²) in [6.45, 7) is 1.64. The first-order valence-corrected chi connectivity index (χ1v) is 5.66. The van der Waals surface area contributed by atoms with Gasteiger partial charge in [0.15, 0.2) is 11.6 Å². The van der Waals surface area contributed by atoms with Gasteiger partial charge in [-0.3, -0.25) is 0 Å². The maximum atomic E-state index is 13.6. The highest BCUT2D eigenvalue weighted by molar-refractivity contribution is 5.38. The van der Waals surface area contributed by atoms with E-state index in [1.54, 1.807) is 6.92 Å². The van der Waals surface area contributed by atoms with Crippen LogP contribution in [0.2, 0.25) is 0 Å². The first-order chi connectivity index (χ1) is 7.66. The summed E-state index contributed by atoms with van der Waals surface area (Å²) in [6.07, 6.45) is 5.31. The number of hydrogen-bond acceptors (Lipinski definition) is 4. The summed E-state index contributed by atoms with van der Waals surface area (Å²) in [7, 11) is 0. The Morgan fingerprint density at radius 1 is 1.31 bits per heavy atom. The molecule has 4 nitrogen and oxygen atoms in total. The van der Waals surface area contributed by atoms with Crippen LogP contribution in [0.4, 0.5) is 10.2 Å². The van der Waals surface area contributed by atoms with Crippen molar-refractivity contribution in [3.63, 3.8) is 0 Å². The molecule has 0 bridgehead atoms. The molecule has 1 aromatic heterocycles. The van der Waals surface area contributed by atoms with Gasteiger partial charge in [0.1, 0.15) is 6.33 Å². The molecule has 0 amide bonds. The number of nitrogens with zero attached hydrogens (tertiary/aromatic N) is 2. The van der Waals surface area contributed by atoms with E-state index in [2.05, 4.69) is 15.3 Å². The minimum absolute atomic E-state index is 0.281. The first-order valence-electron chi connectivity index (χ1n) is 5.66. The van der Waals surface area contributed by atoms with Crippen molar-refractivity contribution in [1.29, 1.82) is 0 Å². The normalized spacial score (nSPS) is 25.4. The van der Waals surface area contributed by atoms with E-state index < -0.39 is 0 Å². The van der Waals surface area contributed by atoms with Gasteiger partial charge in [0.05, 0.1) is 5.69 Å². The molecule has 5 heteroatoms. The van der Waals surface area contributed by atoms with E-state index >= 15 is 0 Å². The summed E-state index contributed by atoms with van der Waals surface area (Å²) in [6, 6.07) is 0.582. The molecular formula is C11H17FN4. The van der Waals surface area contributed by atoms with E-state index in [1.807, 2.05) is 0 Å². The first kappa shape index (κ1) is 11.3. The Labute approximate surface area is 94.5 Å². The van der Waals surface area contributed by atoms with Gasteiger partial charge in [0.2, 0.25) is 0 Å². The smallest absolute Gasteiger partial charge is 0.186 e. The van der Waals surface area contributed by atoms with Crippen molar-refractivity contribution in [2.45, 2.75) is 44.7 Å². The lowest BCUT2D eigenvalue weighted by atomic mass is 9.92. The maximum absolute atomic E-state index is 13.6. The second-order valence-electron chi connectivity index (χ2n) is 4.38. The summed E-state index contributed by atoms with van der Waals surface area (Å²) in [5.74, 6) is -0.0367. The van der Waals surface area contributed by atoms with Crippen LogP contribution in [0.1, 0.15) is 31.4 Å². The van der Waals surface area contributed by atoms with Crippen molar-refractivity contribution in [3.8, 4) is 0 Å². The van der Waals surface area contributed by atoms with Crippen molar-refractivity contribution in [1.82, 2.24) is 9.97 Å². The fourth-order valence-corrected chi connectivity index (χ4v) is 2.02. The van der Waals surface area contributed by atoms with Gasteiger partial charge in [-0.05, 0) is 32.6 Å². The van der Waals surface area contributed by atoms with Crippen LogP contribution < -0.4 is 11.1 Å². The van der Waals surface area contributed by atoms with E-state index in [0.29, 0.717) is 17.6 Å². The SMILES string of the molecule is Cc1ncnc(NC2CCC(N)CC2)c1F. The van der Waals surface area contributed by atoms with Gasteiger partial charge in [-0.25, -0.2) is 14.4 Å². The maximum Gasteiger partial charge on any atom is 0.186 e. The highest BCUT2D eigenvalue weighted by atomic mass is 19.1. The number of aromatic nitrogens is 2. The molecule has 0 radical (unpaired) electrons. The van der Waals surface area contributed by atoms with Crippen molar-refractivity contribution in [3.05, 3.63) is 17.8 Å². The molecule has 0 spiro atoms. The van der Waals surface area contributed by atoms with Crippen molar-refractivity contribution in [2.75, 3.05) is 5.32 Å². The topological polar surface area (TPSA) is 63.8 Å². The fraction of sp³-hybridized carbons (Fsp3) is 0.636. The highest BCUT2D eigenvalue weighted by Gasteiger charge is 2.20. The molecule has 1 aliphatic rings. The summed E-state index contributed by atoms with van der Waals surface area (Å²) in [5.41, 5.74) is 6.20. The Bertz CT molecular complexity index is 361. The molecule has 2 rings (SSSR count). The summed E-state index contributed by atoms with van der Waals surface area (Å²) >= 11 is 0. The summed E-state index contributed by atoms with van der Waals surface area (Å²) < 4.78 is 13.6. The van der Waals surface area contributed by atoms with E-state index in [1.165, 1.54) is 6.33 Å². The Kier molecular flexibility index (Phi) is 3.33. The Morgan fingerprint density at radius 3 is 2.69 bits per heavy atom. The number of anilines is 1. The van der Waals surface area contributed by atoms with Crippen LogP contribution in [-0.4, -0.2) is 22.1 Å². The molecular weight excluding hydrogens is 207 g/mol. The predicted molar refractivity (Wildman–Crippen MR) is 60.6 cm³/mol. The molecule has 1 aromatic rings. The minimum atomic E-state index is -0.350. The minimum Gasteiger partial charge on any atom is -0.365 e. The zero-order valence-corrected chi connectivity index (χ0v) is 9.41. The summed E-state index contributed by atoms with van der Waals surface area (Å²) in [5, 5.41) is 3.13. The third-order valence-electron chi connectivity index (χ3n) is 3.08. The third kappa shape index (κ3) is 2.47. The number of hydrogen-bond donors (Lipinski definition) is 2. The number of rotatable bonds is 2. The van der Waals surface area contributed by atoms with Crippen LogP contribution in [0.3, 0.4) is 0 Å². The van der Waals surface area contributed by atoms with Crippen LogP contribution in [0.15, 0.2) is 6.33 Å². The lowest BCUT2D eigenvalue weighted by Crippen LogP contribution is -2.33. The lowest BCUT2D eigenvalue weighted by molar-refractivity contribution is 0.409. The van der Waals surface area contributed by atoms with E-state index in [0.717, 1.165) is 25.7 Å². The molecule has 1 heterocycles. The van der Waals surface area contributed by atoms with E-state index in [9.17, 15) is 4.39 Å². The zero-order valence-electron chi connectivity index (χ0n) is 9.41. The second-order valence-corrected chi connectivity index (χ2v) is 4.38. The molecule has 1 fully saturated rings. The zero-order chi connectivity index (χ0) is 11.5. The standard InChI is InChI=1S/C11H17FN4/c1-7-10(12)11(15-6-14-7)16-9-4-2-8(13)3-5-9/h6,8-9H,2-5,13H2,1H3,(H,14,15,16). The molecule has 0 atom stereocenters. The Hall–Kier alpha value is -1.23. The van der Waals surface area contributed by atoms with Crippen LogP contribution >= 0.6 is 0 Å². The van der Waals surface area contributed by atoms with Crippen LogP contribution in [-0.2, 0) is 0 Å². The predicted octanol–water partition coefficient (Wildman–Crippen LogP) is 1.61. The van der Waals surface area contributed by atoms with Gasteiger partial charge in [-0.1, -0.05) is 0 Å². The average Bonchev–Trinajstić information content (AvgIpc) is 2.28. The molecule has 16 heavy (non-hydrogen) atoms. The van der Waals surface area contributed by atoms with Crippen LogP contribution in [0.25, 0.3) is 0 Å². The van der Waals surface area contributed by atoms with Crippen LogP contribution in [0, 0.1) is 12.7 Å². The molecule has 0 aliphatic heterocycles. The quantitative estimate of drug-likeness (QED) is 0.801. The molecule has 88 valence electrons. The van der Waals surface area contributed by atoms with Gasteiger partial charge in [-0.2, -0.15) is 0 Å². The number of halogens is 1. The van der Waals surface area contributed by atoms with Gasteiger partial charge in [-0.15, -0.1) is 0 Å². The van der Waals surface area contributed by atoms with Crippen molar-refractivity contribution >= 4 is 5.82 Å². The molecule has 0 saturated heterocycles. The van der Waals surface area contributed by atoms with Gasteiger partial charge < -0.3 is 11.1 Å². The number of nitrogens with two attached hydrogens (primary N) is 1. The van der Waals surface area contributed by atoms with E-state index in [4.69, 9.17) is 5.73 Å². The molecule has 0 unspecified atom stereocenters. The van der Waals surface area contributed by atoms with Crippen molar-refractivity contribution in [2.24, 2.45) is 5.73 Å². The monoisotopic (exact) mass is 224 g/mol. The lowest BCUT2D eigenvalue weighted by Gasteiger charge is -2.27. The van der Waals surface area contributed by atoms with Gasteiger partial charge in [0.25, 0.3) is 0 Å². The Morgan fingerprint density at radius 2 is 2.00 bits per heavy atom. The molecule has 0 aromatic carbocycles. The van der Waals surface area contributed by atoms with Gasteiger partial charge >= 0.3 is 0 Å². The third-order valence-corrected chi connectivity index (χ3v) is 3.08. The average molecular weight is 224 g/mol. The summed E-state index contributed by atoms with van der Waals surface area (Å²) in [4.78, 5) is 7.72. The Balaban J connectivity index is 2.01. The van der Waals surface area contributed by atoms with E-state index in [-0.39, 0.29) is 11.9 Å². The number of nitrogens with one attached hydrogen (secondary N) is 1. The second kappa shape index (κ2) is 4.74. The van der Waals surface area contributed by atoms with Crippen LogP contribution in [0.5, 0.6) is 0 Å². The fourth-order valence-electron chi connectivity index (χ4n) is 2.02. The highest BCUT2D eigenvalue weighted by Crippen LogP contribution is 2.21. The number of aryl methyl sites for hydroxylation is 1. The molecule has 3 N–H and O–H groups in total.